The van der Waals surface area contributed by atoms with E-state index in [1.165, 1.54) is 7.11 Å². The fourth-order valence-electron chi connectivity index (χ4n) is 2.54. The van der Waals surface area contributed by atoms with Crippen molar-refractivity contribution in [3.63, 3.8) is 0 Å². The second-order valence-corrected chi connectivity index (χ2v) is 4.10. The second-order valence-electron chi connectivity index (χ2n) is 4.10. The molecule has 2 bridgehead atoms. The quantitative estimate of drug-likeness (QED) is 0.546. The summed E-state index contributed by atoms with van der Waals surface area (Å²) >= 11 is 0. The van der Waals surface area contributed by atoms with Crippen LogP contribution < -0.4 is 0 Å². The third-order valence-electron chi connectivity index (χ3n) is 3.00. The number of hydrogen-bond donors (Lipinski definition) is 0. The average Bonchev–Trinajstić information content (AvgIpc) is 2.40. The van der Waals surface area contributed by atoms with Crippen LogP contribution in [0.2, 0.25) is 0 Å². The number of hydrogen-bond acceptors (Lipinski definition) is 3. The highest BCUT2D eigenvalue weighted by atomic mass is 16.5. The van der Waals surface area contributed by atoms with Gasteiger partial charge in [-0.15, -0.1) is 0 Å². The molecule has 0 aromatic carbocycles. The van der Waals surface area contributed by atoms with Crippen LogP contribution in [0.15, 0.2) is 0 Å². The van der Waals surface area contributed by atoms with Gasteiger partial charge in [-0.1, -0.05) is 0 Å². The van der Waals surface area contributed by atoms with Crippen LogP contribution in [0.3, 0.4) is 0 Å². The molecule has 0 aromatic rings. The zero-order valence-electron chi connectivity index (χ0n) is 8.19. The molecule has 2 heterocycles. The van der Waals surface area contributed by atoms with Gasteiger partial charge < -0.3 is 14.5 Å². The van der Waals surface area contributed by atoms with E-state index in [1.807, 2.05) is 4.90 Å². The Balaban J connectivity index is 2.05. The van der Waals surface area contributed by atoms with Crippen LogP contribution >= 0.6 is 0 Å². The minimum atomic E-state index is -0.164. The fraction of sp³-hybridized carbons (Fsp3) is 0.889. The van der Waals surface area contributed by atoms with E-state index in [1.54, 1.807) is 0 Å². The van der Waals surface area contributed by atoms with Crippen molar-refractivity contribution in [3.05, 3.63) is 0 Å². The first-order valence-corrected chi connectivity index (χ1v) is 4.74. The predicted octanol–water partition coefficient (Wildman–Crippen LogP) is 0.389. The third kappa shape index (κ3) is 1.50. The maximum absolute atomic E-state index is 11.3. The van der Waals surface area contributed by atoms with Crippen molar-refractivity contribution >= 4 is 6.09 Å². The Labute approximate surface area is 78.4 Å². The van der Waals surface area contributed by atoms with Crippen LogP contribution in [0.4, 0.5) is 4.79 Å². The minimum absolute atomic E-state index is 0.164. The van der Waals surface area contributed by atoms with Gasteiger partial charge in [0.2, 0.25) is 0 Å². The maximum Gasteiger partial charge on any atom is 0.409 e. The lowest BCUT2D eigenvalue weighted by Crippen LogP contribution is -2.42. The summed E-state index contributed by atoms with van der Waals surface area (Å²) in [5, 5.41) is 0. The summed E-state index contributed by atoms with van der Waals surface area (Å²) in [6.07, 6.45) is 0.988. The molecule has 4 heteroatoms. The van der Waals surface area contributed by atoms with Crippen molar-refractivity contribution in [2.75, 3.05) is 33.8 Å². The van der Waals surface area contributed by atoms with Crippen molar-refractivity contribution in [1.29, 1.82) is 0 Å². The lowest BCUT2D eigenvalue weighted by molar-refractivity contribution is 0.113. The smallest absolute Gasteiger partial charge is 0.409 e. The van der Waals surface area contributed by atoms with Crippen LogP contribution in [-0.2, 0) is 4.74 Å². The zero-order valence-corrected chi connectivity index (χ0v) is 8.19. The largest absolute Gasteiger partial charge is 0.453 e. The summed E-state index contributed by atoms with van der Waals surface area (Å²) in [6, 6.07) is 0.385. The van der Waals surface area contributed by atoms with Gasteiger partial charge in [-0.3, -0.25) is 0 Å². The van der Waals surface area contributed by atoms with E-state index in [0.29, 0.717) is 12.0 Å². The van der Waals surface area contributed by atoms with Gasteiger partial charge in [-0.25, -0.2) is 4.79 Å². The van der Waals surface area contributed by atoms with E-state index in [-0.39, 0.29) is 6.09 Å². The molecule has 2 aliphatic rings. The Morgan fingerprint density at radius 2 is 2.15 bits per heavy atom. The summed E-state index contributed by atoms with van der Waals surface area (Å²) in [5.41, 5.74) is 0. The molecular weight excluding hydrogens is 168 g/mol. The normalized spacial score (nSPS) is 33.5. The first kappa shape index (κ1) is 8.81. The standard InChI is InChI=1S/C9H16N2O2/c1-10-4-7-3-8(6-10)11(5-7)9(12)13-2/h7-8H,3-6H2,1-2H3. The molecule has 1 amide bonds. The van der Waals surface area contributed by atoms with E-state index in [2.05, 4.69) is 11.9 Å². The van der Waals surface area contributed by atoms with Crippen molar-refractivity contribution in [2.24, 2.45) is 5.92 Å². The maximum atomic E-state index is 11.3. The van der Waals surface area contributed by atoms with Gasteiger partial charge in [0.1, 0.15) is 0 Å². The highest BCUT2D eigenvalue weighted by Crippen LogP contribution is 2.29. The molecule has 0 aliphatic carbocycles. The fourth-order valence-corrected chi connectivity index (χ4v) is 2.54. The Hall–Kier alpha value is -0.770. The highest BCUT2D eigenvalue weighted by Gasteiger charge is 2.40. The summed E-state index contributed by atoms with van der Waals surface area (Å²) in [5.74, 6) is 0.655. The van der Waals surface area contributed by atoms with E-state index in [4.69, 9.17) is 4.74 Å². The number of amides is 1. The number of likely N-dealkylation sites (N-methyl/N-ethyl adjacent to an activating group) is 1. The molecular formula is C9H16N2O2. The van der Waals surface area contributed by atoms with E-state index in [0.717, 1.165) is 26.1 Å². The molecule has 2 rings (SSSR count). The number of piperidine rings is 1. The van der Waals surface area contributed by atoms with Gasteiger partial charge in [0.25, 0.3) is 0 Å². The zero-order chi connectivity index (χ0) is 9.42. The number of rotatable bonds is 0. The molecule has 0 spiro atoms. The minimum Gasteiger partial charge on any atom is -0.453 e. The van der Waals surface area contributed by atoms with Crippen LogP contribution in [-0.4, -0.2) is 55.7 Å². The molecule has 74 valence electrons. The molecule has 0 aromatic heterocycles. The van der Waals surface area contributed by atoms with E-state index < -0.39 is 0 Å². The number of nitrogens with zero attached hydrogens (tertiary/aromatic N) is 2. The predicted molar refractivity (Wildman–Crippen MR) is 48.5 cm³/mol. The molecule has 2 saturated heterocycles. The summed E-state index contributed by atoms with van der Waals surface area (Å²) in [7, 11) is 3.56. The average molecular weight is 184 g/mol. The summed E-state index contributed by atoms with van der Waals surface area (Å²) in [4.78, 5) is 15.5. The molecule has 2 aliphatic heterocycles. The molecule has 0 radical (unpaired) electrons. The first-order chi connectivity index (χ1) is 6.20. The summed E-state index contributed by atoms with van der Waals surface area (Å²) < 4.78 is 4.75. The molecule has 0 N–H and O–H groups in total. The lowest BCUT2D eigenvalue weighted by Gasteiger charge is -2.29. The molecule has 2 fully saturated rings. The SMILES string of the molecule is COC(=O)N1CC2CC1CN(C)C2. The van der Waals surface area contributed by atoms with Crippen molar-refractivity contribution in [2.45, 2.75) is 12.5 Å². The molecule has 2 atom stereocenters. The second kappa shape index (κ2) is 3.18. The van der Waals surface area contributed by atoms with Crippen LogP contribution in [0.1, 0.15) is 6.42 Å². The number of methoxy groups -OCH3 is 1. The first-order valence-electron chi connectivity index (χ1n) is 4.74. The Kier molecular flexibility index (Phi) is 2.15. The number of fused-ring (bicyclic) bond motifs is 2. The van der Waals surface area contributed by atoms with Gasteiger partial charge in [-0.2, -0.15) is 0 Å². The topological polar surface area (TPSA) is 32.8 Å². The van der Waals surface area contributed by atoms with Crippen LogP contribution in [0, 0.1) is 5.92 Å². The molecule has 2 unspecified atom stereocenters. The van der Waals surface area contributed by atoms with Gasteiger partial charge in [0, 0.05) is 25.7 Å². The molecule has 13 heavy (non-hydrogen) atoms. The van der Waals surface area contributed by atoms with Crippen molar-refractivity contribution in [1.82, 2.24) is 9.80 Å². The van der Waals surface area contributed by atoms with Crippen molar-refractivity contribution < 1.29 is 9.53 Å². The number of ether oxygens (including phenoxy) is 1. The van der Waals surface area contributed by atoms with Gasteiger partial charge >= 0.3 is 6.09 Å². The Morgan fingerprint density at radius 3 is 2.85 bits per heavy atom. The Morgan fingerprint density at radius 1 is 1.38 bits per heavy atom. The third-order valence-corrected chi connectivity index (χ3v) is 3.00. The van der Waals surface area contributed by atoms with E-state index >= 15 is 0 Å². The van der Waals surface area contributed by atoms with Crippen LogP contribution in [0.25, 0.3) is 0 Å². The van der Waals surface area contributed by atoms with Gasteiger partial charge in [0.05, 0.1) is 7.11 Å². The monoisotopic (exact) mass is 184 g/mol. The molecule has 4 nitrogen and oxygen atoms in total. The summed E-state index contributed by atoms with van der Waals surface area (Å²) in [6.45, 7) is 2.98. The van der Waals surface area contributed by atoms with Gasteiger partial charge in [0.15, 0.2) is 0 Å². The molecule has 0 saturated carbocycles. The van der Waals surface area contributed by atoms with Crippen molar-refractivity contribution in [3.8, 4) is 0 Å². The number of carbonyl (C=O) groups excluding carboxylic acids is 1. The number of carbonyl (C=O) groups is 1. The lowest BCUT2D eigenvalue weighted by atomic mass is 10.0. The number of likely N-dealkylation sites (tertiary alicyclic amines) is 2. The van der Waals surface area contributed by atoms with Crippen LogP contribution in [0.5, 0.6) is 0 Å². The van der Waals surface area contributed by atoms with E-state index in [9.17, 15) is 4.79 Å². The van der Waals surface area contributed by atoms with Gasteiger partial charge in [-0.05, 0) is 19.4 Å². The highest BCUT2D eigenvalue weighted by molar-refractivity contribution is 5.68. The Bertz CT molecular complexity index is 220.